The summed E-state index contributed by atoms with van der Waals surface area (Å²) in [5.74, 6) is -0.281. The van der Waals surface area contributed by atoms with E-state index in [-0.39, 0.29) is 16.8 Å². The van der Waals surface area contributed by atoms with Gasteiger partial charge in [0, 0.05) is 0 Å². The monoisotopic (exact) mass is 434 g/mol. The zero-order valence-corrected chi connectivity index (χ0v) is 16.0. The molecular weight excluding hydrogens is 420 g/mol. The predicted octanol–water partition coefficient (Wildman–Crippen LogP) is 6.08. The molecule has 0 aliphatic carbocycles. The van der Waals surface area contributed by atoms with Gasteiger partial charge in [-0.25, -0.2) is 0 Å². The van der Waals surface area contributed by atoms with Gasteiger partial charge >= 0.3 is 6.18 Å². The van der Waals surface area contributed by atoms with Crippen LogP contribution >= 0.6 is 23.2 Å². The molecule has 150 valence electrons. The molecule has 28 heavy (non-hydrogen) atoms. The Hall–Kier alpha value is -2.38. The number of halogens is 5. The van der Waals surface area contributed by atoms with Gasteiger partial charge in [-0.3, -0.25) is 4.79 Å². The maximum absolute atomic E-state index is 12.4. The van der Waals surface area contributed by atoms with Crippen molar-refractivity contribution < 1.29 is 32.2 Å². The van der Waals surface area contributed by atoms with E-state index >= 15 is 0 Å². The summed E-state index contributed by atoms with van der Waals surface area (Å²) in [6, 6.07) is 12.6. The van der Waals surface area contributed by atoms with Crippen LogP contribution in [0.15, 0.2) is 59.1 Å². The first-order valence-electron chi connectivity index (χ1n) is 7.95. The first kappa shape index (κ1) is 21.9. The zero-order chi connectivity index (χ0) is 20.7. The van der Waals surface area contributed by atoms with Gasteiger partial charge in [0.1, 0.15) is 34.1 Å². The molecule has 2 aromatic rings. The second-order valence-electron chi connectivity index (χ2n) is 5.47. The molecule has 0 radical (unpaired) electrons. The molecular formula is C19H15Cl2F3O4. The lowest BCUT2D eigenvalue weighted by atomic mass is 10.2. The highest BCUT2D eigenvalue weighted by Gasteiger charge is 2.42. The second kappa shape index (κ2) is 9.71. The summed E-state index contributed by atoms with van der Waals surface area (Å²) in [5.41, 5.74) is 0. The number of carbonyl (C=O) groups is 1. The van der Waals surface area contributed by atoms with Crippen molar-refractivity contribution in [3.8, 4) is 23.0 Å². The summed E-state index contributed by atoms with van der Waals surface area (Å²) in [6.07, 6.45) is -5.08. The van der Waals surface area contributed by atoms with Crippen molar-refractivity contribution in [2.75, 3.05) is 6.61 Å². The number of Topliss-reactive ketones (excluding diaryl/α,β-unsaturated/α-hetero) is 1. The largest absolute Gasteiger partial charge is 0.489 e. The SMILES string of the molecule is CC(Oc1ccc(Oc2ccc(OCC=C(Cl)Cl)cc2)cc1)C(=O)C(F)(F)F. The van der Waals surface area contributed by atoms with Crippen molar-refractivity contribution in [3.05, 3.63) is 59.1 Å². The Morgan fingerprint density at radius 1 is 0.964 bits per heavy atom. The zero-order valence-electron chi connectivity index (χ0n) is 14.5. The molecule has 0 aliphatic rings. The van der Waals surface area contributed by atoms with Crippen LogP contribution in [0.4, 0.5) is 13.2 Å². The van der Waals surface area contributed by atoms with Gasteiger partial charge in [0.2, 0.25) is 0 Å². The van der Waals surface area contributed by atoms with Crippen LogP contribution in [0.2, 0.25) is 0 Å². The van der Waals surface area contributed by atoms with Crippen molar-refractivity contribution in [1.82, 2.24) is 0 Å². The van der Waals surface area contributed by atoms with Crippen molar-refractivity contribution >= 4 is 29.0 Å². The predicted molar refractivity (Wildman–Crippen MR) is 99.4 cm³/mol. The summed E-state index contributed by atoms with van der Waals surface area (Å²) >= 11 is 11.0. The van der Waals surface area contributed by atoms with Gasteiger partial charge in [-0.2, -0.15) is 13.2 Å². The minimum atomic E-state index is -4.94. The highest BCUT2D eigenvalue weighted by atomic mass is 35.5. The molecule has 1 atom stereocenters. The first-order valence-corrected chi connectivity index (χ1v) is 8.70. The van der Waals surface area contributed by atoms with Gasteiger partial charge in [0.05, 0.1) is 0 Å². The smallest absolute Gasteiger partial charge is 0.453 e. The van der Waals surface area contributed by atoms with Crippen LogP contribution in [0.25, 0.3) is 0 Å². The standard InChI is InChI=1S/C19H15Cl2F3O4/c1-12(18(25)19(22,23)24)27-14-6-8-16(9-7-14)28-15-4-2-13(3-5-15)26-11-10-17(20)21/h2-10,12H,11H2,1H3. The average molecular weight is 435 g/mol. The van der Waals surface area contributed by atoms with Gasteiger partial charge in [-0.15, -0.1) is 0 Å². The lowest BCUT2D eigenvalue weighted by Gasteiger charge is -2.15. The van der Waals surface area contributed by atoms with E-state index in [2.05, 4.69) is 0 Å². The van der Waals surface area contributed by atoms with Crippen LogP contribution in [-0.2, 0) is 4.79 Å². The fourth-order valence-electron chi connectivity index (χ4n) is 2.02. The average Bonchev–Trinajstić information content (AvgIpc) is 2.63. The summed E-state index contributed by atoms with van der Waals surface area (Å²) < 4.78 is 53.3. The third-order valence-corrected chi connectivity index (χ3v) is 3.64. The molecule has 0 aliphatic heterocycles. The Morgan fingerprint density at radius 2 is 1.43 bits per heavy atom. The minimum absolute atomic E-state index is 0.115. The van der Waals surface area contributed by atoms with Crippen LogP contribution in [-0.4, -0.2) is 24.7 Å². The van der Waals surface area contributed by atoms with E-state index in [9.17, 15) is 18.0 Å². The van der Waals surface area contributed by atoms with Gasteiger partial charge < -0.3 is 14.2 Å². The third kappa shape index (κ3) is 6.98. The molecule has 4 nitrogen and oxygen atoms in total. The Bertz CT molecular complexity index is 815. The highest BCUT2D eigenvalue weighted by Crippen LogP contribution is 2.27. The number of ketones is 1. The molecule has 0 spiro atoms. The normalized spacial score (nSPS) is 12.1. The molecule has 0 fully saturated rings. The summed E-state index contributed by atoms with van der Waals surface area (Å²) in [4.78, 5) is 11.1. The van der Waals surface area contributed by atoms with E-state index in [1.807, 2.05) is 0 Å². The summed E-state index contributed by atoms with van der Waals surface area (Å²) in [5, 5.41) is 0. The van der Waals surface area contributed by atoms with Crippen LogP contribution < -0.4 is 14.2 Å². The number of rotatable bonds is 8. The first-order chi connectivity index (χ1) is 13.1. The van der Waals surface area contributed by atoms with Crippen LogP contribution in [0.1, 0.15) is 6.92 Å². The molecule has 0 bridgehead atoms. The molecule has 2 aromatic carbocycles. The minimum Gasteiger partial charge on any atom is -0.489 e. The lowest BCUT2D eigenvalue weighted by Crippen LogP contribution is -2.36. The molecule has 0 saturated heterocycles. The Labute approximate surface area is 169 Å². The highest BCUT2D eigenvalue weighted by molar-refractivity contribution is 6.55. The summed E-state index contributed by atoms with van der Waals surface area (Å²) in [6.45, 7) is 1.26. The molecule has 2 rings (SSSR count). The Balaban J connectivity index is 1.91. The number of carbonyl (C=O) groups excluding carboxylic acids is 1. The van der Waals surface area contributed by atoms with Gasteiger partial charge in [0.25, 0.3) is 5.78 Å². The third-order valence-electron chi connectivity index (χ3n) is 3.33. The number of alkyl halides is 3. The van der Waals surface area contributed by atoms with Crippen molar-refractivity contribution in [2.45, 2.75) is 19.2 Å². The number of benzene rings is 2. The van der Waals surface area contributed by atoms with Gasteiger partial charge in [0.15, 0.2) is 6.10 Å². The van der Waals surface area contributed by atoms with Crippen molar-refractivity contribution in [3.63, 3.8) is 0 Å². The molecule has 0 saturated carbocycles. The Kier molecular flexibility index (Phi) is 7.60. The van der Waals surface area contributed by atoms with E-state index in [0.717, 1.165) is 6.92 Å². The Morgan fingerprint density at radius 3 is 1.89 bits per heavy atom. The number of ether oxygens (including phenoxy) is 3. The molecule has 0 N–H and O–H groups in total. The number of hydrogen-bond donors (Lipinski definition) is 0. The second-order valence-corrected chi connectivity index (χ2v) is 6.48. The molecule has 0 aromatic heterocycles. The van der Waals surface area contributed by atoms with Crippen molar-refractivity contribution in [2.24, 2.45) is 0 Å². The van der Waals surface area contributed by atoms with E-state index in [0.29, 0.717) is 17.2 Å². The lowest BCUT2D eigenvalue weighted by molar-refractivity contribution is -0.177. The summed E-state index contributed by atoms with van der Waals surface area (Å²) in [7, 11) is 0. The van der Waals surface area contributed by atoms with Crippen LogP contribution in [0.5, 0.6) is 23.0 Å². The fraction of sp³-hybridized carbons (Fsp3) is 0.211. The maximum Gasteiger partial charge on any atom is 0.453 e. The van der Waals surface area contributed by atoms with Gasteiger partial charge in [-0.1, -0.05) is 23.2 Å². The van der Waals surface area contributed by atoms with E-state index in [1.165, 1.54) is 30.3 Å². The van der Waals surface area contributed by atoms with Gasteiger partial charge in [-0.05, 0) is 61.5 Å². The van der Waals surface area contributed by atoms with E-state index < -0.39 is 18.1 Å². The van der Waals surface area contributed by atoms with Crippen LogP contribution in [0.3, 0.4) is 0 Å². The topological polar surface area (TPSA) is 44.8 Å². The fourth-order valence-corrected chi connectivity index (χ4v) is 2.14. The molecule has 9 heteroatoms. The molecule has 0 amide bonds. The molecule has 0 heterocycles. The van der Waals surface area contributed by atoms with E-state index in [4.69, 9.17) is 37.4 Å². The quantitative estimate of drug-likeness (QED) is 0.505. The maximum atomic E-state index is 12.4. The molecule has 1 unspecified atom stereocenters. The van der Waals surface area contributed by atoms with Crippen LogP contribution in [0, 0.1) is 0 Å². The van der Waals surface area contributed by atoms with Crippen molar-refractivity contribution in [1.29, 1.82) is 0 Å². The number of hydrogen-bond acceptors (Lipinski definition) is 4. The van der Waals surface area contributed by atoms with E-state index in [1.54, 1.807) is 24.3 Å².